The number of ether oxygens (including phenoxy) is 1. The summed E-state index contributed by atoms with van der Waals surface area (Å²) in [6, 6.07) is 8.20. The number of hydrogen-bond acceptors (Lipinski definition) is 5. The van der Waals surface area contributed by atoms with E-state index in [1.54, 1.807) is 22.2 Å². The third-order valence-corrected chi connectivity index (χ3v) is 7.40. The Morgan fingerprint density at radius 1 is 1.25 bits per heavy atom. The first-order valence-electron chi connectivity index (χ1n) is 9.75. The summed E-state index contributed by atoms with van der Waals surface area (Å²) in [6.45, 7) is 4.11. The van der Waals surface area contributed by atoms with Crippen molar-refractivity contribution in [3.05, 3.63) is 62.0 Å². The molecule has 5 nitrogen and oxygen atoms in total. The molecule has 7 heteroatoms. The molecule has 0 spiro atoms. The molecule has 28 heavy (non-hydrogen) atoms. The largest absolute Gasteiger partial charge is 0.379 e. The first-order valence-corrected chi connectivity index (χ1v) is 10.9. The van der Waals surface area contributed by atoms with Crippen LogP contribution < -0.4 is 5.56 Å². The molecule has 0 unspecified atom stereocenters. The summed E-state index contributed by atoms with van der Waals surface area (Å²) >= 11 is 7.97. The van der Waals surface area contributed by atoms with E-state index >= 15 is 0 Å². The van der Waals surface area contributed by atoms with Gasteiger partial charge in [0.25, 0.3) is 5.56 Å². The lowest BCUT2D eigenvalue weighted by molar-refractivity contribution is 0.0140. The van der Waals surface area contributed by atoms with Gasteiger partial charge < -0.3 is 4.74 Å². The molecule has 1 aliphatic carbocycles. The maximum Gasteiger partial charge on any atom is 0.262 e. The van der Waals surface area contributed by atoms with Crippen LogP contribution in [0.25, 0.3) is 10.2 Å². The zero-order valence-electron chi connectivity index (χ0n) is 15.6. The molecular formula is C21H22ClN3O2S. The maximum atomic E-state index is 13.2. The number of rotatable bonds is 3. The van der Waals surface area contributed by atoms with E-state index in [4.69, 9.17) is 16.3 Å². The van der Waals surface area contributed by atoms with Crippen molar-refractivity contribution in [2.75, 3.05) is 26.3 Å². The number of halogens is 1. The van der Waals surface area contributed by atoms with Crippen LogP contribution in [0.1, 0.15) is 22.4 Å². The normalized spacial score (nSPS) is 20.4. The van der Waals surface area contributed by atoms with Gasteiger partial charge in [0.15, 0.2) is 0 Å². The molecule has 1 atom stereocenters. The van der Waals surface area contributed by atoms with E-state index in [0.29, 0.717) is 17.6 Å². The Morgan fingerprint density at radius 2 is 2.07 bits per heavy atom. The van der Waals surface area contributed by atoms with E-state index in [1.807, 2.05) is 24.3 Å². The van der Waals surface area contributed by atoms with Crippen molar-refractivity contribution in [1.29, 1.82) is 0 Å². The summed E-state index contributed by atoms with van der Waals surface area (Å²) in [7, 11) is 0. The number of fused-ring (bicyclic) bond motifs is 3. The summed E-state index contributed by atoms with van der Waals surface area (Å²) in [5, 5.41) is 1.49. The fourth-order valence-electron chi connectivity index (χ4n) is 4.36. The summed E-state index contributed by atoms with van der Waals surface area (Å²) in [5.41, 5.74) is 2.20. The van der Waals surface area contributed by atoms with Crippen LogP contribution in [0.4, 0.5) is 0 Å². The van der Waals surface area contributed by atoms with Gasteiger partial charge >= 0.3 is 0 Å². The SMILES string of the molecule is O=c1c2c3c(sc2ncn1Cc1ccccc1Cl)C[C@H](N1CCOCC1)CC3. The summed E-state index contributed by atoms with van der Waals surface area (Å²) in [5.74, 6) is 0. The second-order valence-electron chi connectivity index (χ2n) is 7.50. The molecule has 1 fully saturated rings. The fourth-order valence-corrected chi connectivity index (χ4v) is 5.81. The highest BCUT2D eigenvalue weighted by Gasteiger charge is 2.29. The lowest BCUT2D eigenvalue weighted by Crippen LogP contribution is -2.45. The minimum absolute atomic E-state index is 0.0484. The second kappa shape index (κ2) is 7.59. The molecule has 3 heterocycles. The minimum atomic E-state index is 0.0484. The van der Waals surface area contributed by atoms with Crippen molar-refractivity contribution in [1.82, 2.24) is 14.5 Å². The highest BCUT2D eigenvalue weighted by molar-refractivity contribution is 7.18. The van der Waals surface area contributed by atoms with Gasteiger partial charge in [0.05, 0.1) is 31.5 Å². The zero-order chi connectivity index (χ0) is 19.1. The van der Waals surface area contributed by atoms with Gasteiger partial charge in [0, 0.05) is 29.0 Å². The Labute approximate surface area is 172 Å². The van der Waals surface area contributed by atoms with E-state index in [2.05, 4.69) is 9.88 Å². The van der Waals surface area contributed by atoms with Crippen molar-refractivity contribution >= 4 is 33.2 Å². The Hall–Kier alpha value is -1.73. The first kappa shape index (κ1) is 18.3. The third kappa shape index (κ3) is 3.28. The molecule has 5 rings (SSSR count). The molecule has 2 aromatic heterocycles. The van der Waals surface area contributed by atoms with Crippen LogP contribution in [0.3, 0.4) is 0 Å². The molecule has 1 aliphatic heterocycles. The molecule has 3 aromatic rings. The number of thiophene rings is 1. The molecule has 0 amide bonds. The van der Waals surface area contributed by atoms with Crippen LogP contribution in [0.15, 0.2) is 35.4 Å². The van der Waals surface area contributed by atoms with E-state index in [0.717, 1.165) is 61.3 Å². The van der Waals surface area contributed by atoms with E-state index in [-0.39, 0.29) is 5.56 Å². The van der Waals surface area contributed by atoms with Gasteiger partial charge in [-0.15, -0.1) is 11.3 Å². The van der Waals surface area contributed by atoms with Gasteiger partial charge in [-0.3, -0.25) is 14.3 Å². The van der Waals surface area contributed by atoms with Crippen LogP contribution >= 0.6 is 22.9 Å². The number of nitrogens with zero attached hydrogens (tertiary/aromatic N) is 3. The maximum absolute atomic E-state index is 13.2. The van der Waals surface area contributed by atoms with Crippen molar-refractivity contribution in [2.24, 2.45) is 0 Å². The number of aryl methyl sites for hydroxylation is 1. The van der Waals surface area contributed by atoms with Gasteiger partial charge in [0.2, 0.25) is 0 Å². The number of aromatic nitrogens is 2. The number of benzene rings is 1. The van der Waals surface area contributed by atoms with E-state index in [9.17, 15) is 4.79 Å². The van der Waals surface area contributed by atoms with Gasteiger partial charge in [-0.05, 0) is 36.5 Å². The van der Waals surface area contributed by atoms with Crippen molar-refractivity contribution in [3.8, 4) is 0 Å². The topological polar surface area (TPSA) is 47.4 Å². The highest BCUT2D eigenvalue weighted by Crippen LogP contribution is 2.35. The predicted molar refractivity (Wildman–Crippen MR) is 113 cm³/mol. The second-order valence-corrected chi connectivity index (χ2v) is 8.99. The zero-order valence-corrected chi connectivity index (χ0v) is 17.1. The number of morpholine rings is 1. The van der Waals surface area contributed by atoms with Crippen LogP contribution in [0.5, 0.6) is 0 Å². The Bertz CT molecular complexity index is 1070. The Kier molecular flexibility index (Phi) is 4.97. The Morgan fingerprint density at radius 3 is 2.89 bits per heavy atom. The van der Waals surface area contributed by atoms with Gasteiger partial charge in [-0.25, -0.2) is 4.98 Å². The molecule has 0 bridgehead atoms. The molecule has 2 aliphatic rings. The van der Waals surface area contributed by atoms with Gasteiger partial charge in [-0.2, -0.15) is 0 Å². The molecule has 0 saturated carbocycles. The Balaban J connectivity index is 1.47. The van der Waals surface area contributed by atoms with Crippen LogP contribution in [-0.4, -0.2) is 46.8 Å². The average molecular weight is 416 g/mol. The first-order chi connectivity index (χ1) is 13.7. The summed E-state index contributed by atoms with van der Waals surface area (Å²) < 4.78 is 7.18. The quantitative estimate of drug-likeness (QED) is 0.658. The average Bonchev–Trinajstić information content (AvgIpc) is 3.10. The van der Waals surface area contributed by atoms with Crippen molar-refractivity contribution < 1.29 is 4.74 Å². The summed E-state index contributed by atoms with van der Waals surface area (Å²) in [6.07, 6.45) is 4.72. The molecule has 1 aromatic carbocycles. The minimum Gasteiger partial charge on any atom is -0.379 e. The monoisotopic (exact) mass is 415 g/mol. The number of hydrogen-bond donors (Lipinski definition) is 0. The van der Waals surface area contributed by atoms with Gasteiger partial charge in [-0.1, -0.05) is 29.8 Å². The van der Waals surface area contributed by atoms with E-state index < -0.39 is 0 Å². The molecule has 0 N–H and O–H groups in total. The standard InChI is InChI=1S/C21H22ClN3O2S/c22-17-4-2-1-3-14(17)12-25-13-23-20-19(21(25)26)16-6-5-15(11-18(16)28-20)24-7-9-27-10-8-24/h1-4,13,15H,5-12H2/t15-/m1/s1. The van der Waals surface area contributed by atoms with Crippen LogP contribution in [0, 0.1) is 0 Å². The molecule has 1 saturated heterocycles. The molecular weight excluding hydrogens is 394 g/mol. The van der Waals surface area contributed by atoms with Crippen molar-refractivity contribution in [2.45, 2.75) is 31.8 Å². The highest BCUT2D eigenvalue weighted by atomic mass is 35.5. The van der Waals surface area contributed by atoms with Gasteiger partial charge in [0.1, 0.15) is 4.83 Å². The predicted octanol–water partition coefficient (Wildman–Crippen LogP) is 3.35. The fraction of sp³-hybridized carbons (Fsp3) is 0.429. The lowest BCUT2D eigenvalue weighted by Gasteiger charge is -2.36. The van der Waals surface area contributed by atoms with Crippen LogP contribution in [0.2, 0.25) is 5.02 Å². The van der Waals surface area contributed by atoms with Crippen molar-refractivity contribution in [3.63, 3.8) is 0 Å². The molecule has 146 valence electrons. The summed E-state index contributed by atoms with van der Waals surface area (Å²) in [4.78, 5) is 22.6. The van der Waals surface area contributed by atoms with Crippen LogP contribution in [-0.2, 0) is 24.1 Å². The smallest absolute Gasteiger partial charge is 0.262 e. The third-order valence-electron chi connectivity index (χ3n) is 5.87. The molecule has 0 radical (unpaired) electrons. The van der Waals surface area contributed by atoms with E-state index in [1.165, 1.54) is 10.4 Å². The lowest BCUT2D eigenvalue weighted by atomic mass is 9.92.